The zero-order valence-electron chi connectivity index (χ0n) is 9.09. The van der Waals surface area contributed by atoms with E-state index in [-0.39, 0.29) is 0 Å². The molecule has 0 spiro atoms. The number of nitrogens with one attached hydrogen (secondary N) is 1. The molecule has 1 nitrogen and oxygen atoms in total. The minimum atomic E-state index is 0.308. The van der Waals surface area contributed by atoms with Gasteiger partial charge in [0.05, 0.1) is 6.04 Å². The molecule has 1 N–H and O–H groups in total. The van der Waals surface area contributed by atoms with Crippen molar-refractivity contribution in [2.24, 2.45) is 5.92 Å². The molecular weight excluding hydrogens is 190 g/mol. The second-order valence-corrected chi connectivity index (χ2v) is 5.19. The average Bonchev–Trinajstić information content (AvgIpc) is 2.25. The lowest BCUT2D eigenvalue weighted by molar-refractivity contribution is 0.405. The first-order valence-corrected chi connectivity index (χ1v) is 6.79. The number of hydrogen-bond donors (Lipinski definition) is 1. The monoisotopic (exact) mass is 211 g/mol. The van der Waals surface area contributed by atoms with Crippen LogP contribution in [0.25, 0.3) is 0 Å². The fraction of sp³-hybridized carbons (Fsp3) is 0.833. The fourth-order valence-corrected chi connectivity index (χ4v) is 3.05. The van der Waals surface area contributed by atoms with Crippen LogP contribution in [0.2, 0.25) is 0 Å². The van der Waals surface area contributed by atoms with Crippen LogP contribution in [0.5, 0.6) is 0 Å². The van der Waals surface area contributed by atoms with E-state index in [2.05, 4.69) is 29.9 Å². The van der Waals surface area contributed by atoms with Gasteiger partial charge in [-0.15, -0.1) is 6.42 Å². The highest BCUT2D eigenvalue weighted by molar-refractivity contribution is 7.99. The molecule has 0 aromatic carbocycles. The van der Waals surface area contributed by atoms with Gasteiger partial charge in [0.15, 0.2) is 0 Å². The summed E-state index contributed by atoms with van der Waals surface area (Å²) in [6, 6.07) is 0.308. The molecular formula is C12H21NS. The van der Waals surface area contributed by atoms with E-state index in [1.807, 2.05) is 0 Å². The summed E-state index contributed by atoms with van der Waals surface area (Å²) < 4.78 is 0. The van der Waals surface area contributed by atoms with Crippen LogP contribution in [0.4, 0.5) is 0 Å². The van der Waals surface area contributed by atoms with Gasteiger partial charge in [-0.3, -0.25) is 0 Å². The van der Waals surface area contributed by atoms with Gasteiger partial charge in [0.2, 0.25) is 0 Å². The van der Waals surface area contributed by atoms with Crippen molar-refractivity contribution in [2.75, 3.05) is 18.1 Å². The van der Waals surface area contributed by atoms with Crippen molar-refractivity contribution in [1.82, 2.24) is 5.32 Å². The number of thioether (sulfide) groups is 1. The molecule has 0 bridgehead atoms. The highest BCUT2D eigenvalue weighted by Gasteiger charge is 2.17. The molecule has 0 aromatic rings. The van der Waals surface area contributed by atoms with Crippen molar-refractivity contribution in [1.29, 1.82) is 0 Å². The van der Waals surface area contributed by atoms with Crippen LogP contribution < -0.4 is 5.32 Å². The van der Waals surface area contributed by atoms with Gasteiger partial charge in [0, 0.05) is 0 Å². The number of hydrogen-bond acceptors (Lipinski definition) is 2. The molecule has 1 atom stereocenters. The first kappa shape index (κ1) is 11.9. The molecule has 1 fully saturated rings. The normalized spacial score (nSPS) is 20.3. The fourth-order valence-electron chi connectivity index (χ4n) is 1.84. The van der Waals surface area contributed by atoms with Crippen LogP contribution >= 0.6 is 11.8 Å². The van der Waals surface area contributed by atoms with Gasteiger partial charge in [-0.2, -0.15) is 11.8 Å². The van der Waals surface area contributed by atoms with Crippen LogP contribution in [-0.4, -0.2) is 24.1 Å². The van der Waals surface area contributed by atoms with E-state index in [1.54, 1.807) is 0 Å². The van der Waals surface area contributed by atoms with Gasteiger partial charge in [-0.25, -0.2) is 0 Å². The standard InChI is InChI=1S/C12H21NS/c1-3-7-13-12(4-2)10-11-5-8-14-9-6-11/h2,11-13H,3,5-10H2,1H3. The zero-order chi connectivity index (χ0) is 10.2. The molecule has 2 heteroatoms. The minimum absolute atomic E-state index is 0.308. The molecule has 1 unspecified atom stereocenters. The van der Waals surface area contributed by atoms with E-state index in [1.165, 1.54) is 37.2 Å². The van der Waals surface area contributed by atoms with Crippen molar-refractivity contribution in [3.8, 4) is 12.3 Å². The molecule has 1 heterocycles. The average molecular weight is 211 g/mol. The second kappa shape index (κ2) is 7.20. The van der Waals surface area contributed by atoms with Crippen molar-refractivity contribution >= 4 is 11.8 Å². The molecule has 1 aliphatic rings. The summed E-state index contributed by atoms with van der Waals surface area (Å²) in [5.74, 6) is 6.39. The molecule has 0 radical (unpaired) electrons. The molecule has 1 rings (SSSR count). The van der Waals surface area contributed by atoms with Gasteiger partial charge < -0.3 is 5.32 Å². The Labute approximate surface area is 92.4 Å². The molecule has 1 aliphatic heterocycles. The highest BCUT2D eigenvalue weighted by atomic mass is 32.2. The smallest absolute Gasteiger partial charge is 0.0689 e. The molecule has 0 amide bonds. The third-order valence-electron chi connectivity index (χ3n) is 2.75. The number of terminal acetylenes is 1. The van der Waals surface area contributed by atoms with Crippen LogP contribution in [0.15, 0.2) is 0 Å². The lowest BCUT2D eigenvalue weighted by atomic mass is 9.94. The van der Waals surface area contributed by atoms with Crippen LogP contribution in [0.3, 0.4) is 0 Å². The predicted octanol–water partition coefficient (Wildman–Crippen LogP) is 2.52. The van der Waals surface area contributed by atoms with Gasteiger partial charge >= 0.3 is 0 Å². The second-order valence-electron chi connectivity index (χ2n) is 3.96. The maximum atomic E-state index is 5.51. The van der Waals surface area contributed by atoms with E-state index in [0.717, 1.165) is 12.5 Å². The van der Waals surface area contributed by atoms with E-state index >= 15 is 0 Å². The summed E-state index contributed by atoms with van der Waals surface area (Å²) in [7, 11) is 0. The van der Waals surface area contributed by atoms with Crippen LogP contribution in [0, 0.1) is 18.3 Å². The Morgan fingerprint density at radius 1 is 1.50 bits per heavy atom. The third kappa shape index (κ3) is 4.39. The SMILES string of the molecule is C#CC(CC1CCSCC1)NCCC. The summed E-state index contributed by atoms with van der Waals surface area (Å²) in [6.07, 6.45) is 10.6. The quantitative estimate of drug-likeness (QED) is 0.701. The van der Waals surface area contributed by atoms with Crippen molar-refractivity contribution in [2.45, 2.75) is 38.6 Å². The van der Waals surface area contributed by atoms with Gasteiger partial charge in [0.1, 0.15) is 0 Å². The topological polar surface area (TPSA) is 12.0 Å². The van der Waals surface area contributed by atoms with E-state index in [9.17, 15) is 0 Å². The molecule has 0 aliphatic carbocycles. The Balaban J connectivity index is 2.21. The molecule has 80 valence electrons. The minimum Gasteiger partial charge on any atom is -0.304 e. The lowest BCUT2D eigenvalue weighted by Gasteiger charge is -2.24. The highest BCUT2D eigenvalue weighted by Crippen LogP contribution is 2.26. The van der Waals surface area contributed by atoms with E-state index < -0.39 is 0 Å². The number of rotatable bonds is 5. The summed E-state index contributed by atoms with van der Waals surface area (Å²) >= 11 is 2.08. The molecule has 0 saturated carbocycles. The molecule has 0 aromatic heterocycles. The first-order chi connectivity index (χ1) is 6.86. The first-order valence-electron chi connectivity index (χ1n) is 5.64. The molecule has 1 saturated heterocycles. The molecule has 14 heavy (non-hydrogen) atoms. The van der Waals surface area contributed by atoms with Gasteiger partial charge in [-0.1, -0.05) is 12.8 Å². The Morgan fingerprint density at radius 3 is 2.79 bits per heavy atom. The van der Waals surface area contributed by atoms with E-state index in [0.29, 0.717) is 6.04 Å². The summed E-state index contributed by atoms with van der Waals surface area (Å²) in [6.45, 7) is 3.23. The van der Waals surface area contributed by atoms with Crippen LogP contribution in [-0.2, 0) is 0 Å². The van der Waals surface area contributed by atoms with Gasteiger partial charge in [0.25, 0.3) is 0 Å². The van der Waals surface area contributed by atoms with Gasteiger partial charge in [-0.05, 0) is 49.7 Å². The van der Waals surface area contributed by atoms with Crippen molar-refractivity contribution < 1.29 is 0 Å². The Bertz CT molecular complexity index is 179. The summed E-state index contributed by atoms with van der Waals surface area (Å²) in [4.78, 5) is 0. The summed E-state index contributed by atoms with van der Waals surface area (Å²) in [5, 5.41) is 3.42. The van der Waals surface area contributed by atoms with Crippen molar-refractivity contribution in [3.05, 3.63) is 0 Å². The van der Waals surface area contributed by atoms with Crippen molar-refractivity contribution in [3.63, 3.8) is 0 Å². The Hall–Kier alpha value is -0.130. The summed E-state index contributed by atoms with van der Waals surface area (Å²) in [5.41, 5.74) is 0. The third-order valence-corrected chi connectivity index (χ3v) is 3.80. The maximum absolute atomic E-state index is 5.51. The zero-order valence-corrected chi connectivity index (χ0v) is 9.91. The largest absolute Gasteiger partial charge is 0.304 e. The van der Waals surface area contributed by atoms with Crippen LogP contribution in [0.1, 0.15) is 32.6 Å². The maximum Gasteiger partial charge on any atom is 0.0689 e. The lowest BCUT2D eigenvalue weighted by Crippen LogP contribution is -2.31. The Morgan fingerprint density at radius 2 is 2.21 bits per heavy atom. The Kier molecular flexibility index (Phi) is 6.14. The predicted molar refractivity (Wildman–Crippen MR) is 65.6 cm³/mol. The van der Waals surface area contributed by atoms with E-state index in [4.69, 9.17) is 6.42 Å².